The first-order chi connectivity index (χ1) is 8.01. The second-order valence-electron chi connectivity index (χ2n) is 3.24. The maximum absolute atomic E-state index is 12.8. The van der Waals surface area contributed by atoms with Gasteiger partial charge in [0.05, 0.1) is 24.8 Å². The maximum atomic E-state index is 12.8. The van der Waals surface area contributed by atoms with Crippen molar-refractivity contribution in [2.75, 3.05) is 12.8 Å². The molecular weight excluding hydrogens is 298 g/mol. The molecule has 0 fully saturated rings. The number of methoxy groups -OCH3 is 1. The van der Waals surface area contributed by atoms with Gasteiger partial charge in [-0.3, -0.25) is 9.78 Å². The zero-order valence-electron chi connectivity index (χ0n) is 9.04. The van der Waals surface area contributed by atoms with Gasteiger partial charge >= 0.3 is 5.97 Å². The van der Waals surface area contributed by atoms with Crippen LogP contribution in [0.1, 0.15) is 23.2 Å². The molecule has 1 aromatic heterocycles. The van der Waals surface area contributed by atoms with Gasteiger partial charge in [0, 0.05) is 22.8 Å². The zero-order valence-corrected chi connectivity index (χ0v) is 10.6. The van der Waals surface area contributed by atoms with Crippen LogP contribution < -0.4 is 5.73 Å². The van der Waals surface area contributed by atoms with Gasteiger partial charge in [0.1, 0.15) is 0 Å². The molecule has 0 spiro atoms. The van der Waals surface area contributed by atoms with E-state index in [0.717, 1.165) is 0 Å². The molecule has 1 heterocycles. The van der Waals surface area contributed by atoms with E-state index in [1.54, 1.807) is 0 Å². The van der Waals surface area contributed by atoms with E-state index in [-0.39, 0.29) is 34.3 Å². The van der Waals surface area contributed by atoms with Crippen LogP contribution in [0.5, 0.6) is 0 Å². The molecule has 1 rings (SSSR count). The molecule has 0 aromatic carbocycles. The molecule has 0 radical (unpaired) electrons. The molecule has 0 saturated heterocycles. The number of pyridine rings is 1. The molecule has 94 valence electrons. The minimum absolute atomic E-state index is 0.102. The number of alkyl halides is 3. The first-order valence-corrected chi connectivity index (χ1v) is 5.80. The predicted molar refractivity (Wildman–Crippen MR) is 62.0 cm³/mol. The number of nitrogens with zero attached hydrogens (tertiary/aromatic N) is 1. The molecule has 0 aliphatic carbocycles. The summed E-state index contributed by atoms with van der Waals surface area (Å²) >= 11 is 3.06. The lowest BCUT2D eigenvalue weighted by Gasteiger charge is -2.12. The van der Waals surface area contributed by atoms with Gasteiger partial charge in [-0.2, -0.15) is 0 Å². The summed E-state index contributed by atoms with van der Waals surface area (Å²) in [6, 6.07) is 0. The second kappa shape index (κ2) is 5.90. The van der Waals surface area contributed by atoms with Crippen molar-refractivity contribution in [2.45, 2.75) is 18.2 Å². The van der Waals surface area contributed by atoms with Crippen molar-refractivity contribution in [3.8, 4) is 0 Å². The number of hydrogen-bond acceptors (Lipinski definition) is 4. The molecule has 7 heteroatoms. The Kier molecular flexibility index (Phi) is 4.80. The highest BCUT2D eigenvalue weighted by Gasteiger charge is 2.21. The third-order valence-corrected chi connectivity index (χ3v) is 2.76. The Hall–Kier alpha value is -1.24. The Morgan fingerprint density at radius 2 is 2.29 bits per heavy atom. The highest BCUT2D eigenvalue weighted by Crippen LogP contribution is 2.31. The predicted octanol–water partition coefficient (Wildman–Crippen LogP) is 2.21. The summed E-state index contributed by atoms with van der Waals surface area (Å²) in [4.78, 5) is 14.9. The molecule has 2 N–H and O–H groups in total. The van der Waals surface area contributed by atoms with Crippen molar-refractivity contribution in [1.82, 2.24) is 4.98 Å². The standard InChI is InChI=1S/C10H11BrF2N2O2/c1-17-7(16)2-5-4-15-6(3-11)8(9(5)14)10(12)13/h4,10H,2-3H2,1H3,(H2,14,15). The first-order valence-electron chi connectivity index (χ1n) is 4.68. The van der Waals surface area contributed by atoms with Crippen molar-refractivity contribution in [2.24, 2.45) is 0 Å². The van der Waals surface area contributed by atoms with E-state index in [9.17, 15) is 13.6 Å². The monoisotopic (exact) mass is 308 g/mol. The van der Waals surface area contributed by atoms with Crippen molar-refractivity contribution in [3.05, 3.63) is 23.0 Å². The zero-order chi connectivity index (χ0) is 13.0. The van der Waals surface area contributed by atoms with Crippen LogP contribution >= 0.6 is 15.9 Å². The van der Waals surface area contributed by atoms with Gasteiger partial charge in [-0.05, 0) is 0 Å². The van der Waals surface area contributed by atoms with Gasteiger partial charge in [0.25, 0.3) is 6.43 Å². The average molecular weight is 309 g/mol. The lowest BCUT2D eigenvalue weighted by atomic mass is 10.1. The summed E-state index contributed by atoms with van der Waals surface area (Å²) in [5, 5.41) is 0.176. The molecular formula is C10H11BrF2N2O2. The first kappa shape index (κ1) is 13.8. The van der Waals surface area contributed by atoms with Crippen molar-refractivity contribution < 1.29 is 18.3 Å². The molecule has 17 heavy (non-hydrogen) atoms. The van der Waals surface area contributed by atoms with E-state index in [1.165, 1.54) is 13.3 Å². The number of anilines is 1. The summed E-state index contributed by atoms with van der Waals surface area (Å²) in [6.07, 6.45) is -1.58. The van der Waals surface area contributed by atoms with Crippen molar-refractivity contribution >= 4 is 27.6 Å². The van der Waals surface area contributed by atoms with Gasteiger partial charge in [0.15, 0.2) is 0 Å². The summed E-state index contributed by atoms with van der Waals surface area (Å²) in [7, 11) is 1.22. The van der Waals surface area contributed by atoms with Gasteiger partial charge in [-0.25, -0.2) is 8.78 Å². The average Bonchev–Trinajstić information content (AvgIpc) is 2.30. The van der Waals surface area contributed by atoms with Crippen LogP contribution in [0.25, 0.3) is 0 Å². The van der Waals surface area contributed by atoms with E-state index in [2.05, 4.69) is 25.7 Å². The third kappa shape index (κ3) is 3.12. The molecule has 0 aliphatic heterocycles. The molecule has 0 saturated carbocycles. The van der Waals surface area contributed by atoms with Gasteiger partial charge in [-0.15, -0.1) is 0 Å². The molecule has 0 amide bonds. The van der Waals surface area contributed by atoms with Crippen LogP contribution in [0.2, 0.25) is 0 Å². The van der Waals surface area contributed by atoms with Crippen LogP contribution in [0.15, 0.2) is 6.20 Å². The fourth-order valence-corrected chi connectivity index (χ4v) is 1.79. The number of rotatable bonds is 4. The Labute approximate surface area is 105 Å². The topological polar surface area (TPSA) is 65.2 Å². The van der Waals surface area contributed by atoms with Crippen LogP contribution in [0, 0.1) is 0 Å². The minimum atomic E-state index is -2.73. The molecule has 0 atom stereocenters. The van der Waals surface area contributed by atoms with Crippen LogP contribution in [-0.2, 0) is 21.3 Å². The number of esters is 1. The fraction of sp³-hybridized carbons (Fsp3) is 0.400. The van der Waals surface area contributed by atoms with E-state index < -0.39 is 12.4 Å². The Morgan fingerprint density at radius 3 is 2.76 bits per heavy atom. The number of nitrogen functional groups attached to an aromatic ring is 1. The lowest BCUT2D eigenvalue weighted by Crippen LogP contribution is -2.11. The van der Waals surface area contributed by atoms with E-state index in [1.807, 2.05) is 0 Å². The summed E-state index contributed by atoms with van der Waals surface area (Å²) < 4.78 is 30.1. The number of nitrogens with two attached hydrogens (primary N) is 1. The molecule has 1 aromatic rings. The summed E-state index contributed by atoms with van der Waals surface area (Å²) in [5.41, 5.74) is 5.60. The van der Waals surface area contributed by atoms with Crippen molar-refractivity contribution in [3.63, 3.8) is 0 Å². The number of halogens is 3. The Bertz CT molecular complexity index is 427. The summed E-state index contributed by atoms with van der Waals surface area (Å²) in [5.74, 6) is -0.551. The number of carbonyl (C=O) groups is 1. The van der Waals surface area contributed by atoms with Crippen LogP contribution in [-0.4, -0.2) is 18.1 Å². The SMILES string of the molecule is COC(=O)Cc1cnc(CBr)c(C(F)F)c1N. The van der Waals surface area contributed by atoms with Crippen LogP contribution in [0.3, 0.4) is 0 Å². The Morgan fingerprint density at radius 1 is 1.65 bits per heavy atom. The second-order valence-corrected chi connectivity index (χ2v) is 3.81. The smallest absolute Gasteiger partial charge is 0.310 e. The number of hydrogen-bond donors (Lipinski definition) is 1. The van der Waals surface area contributed by atoms with Gasteiger partial charge in [-0.1, -0.05) is 15.9 Å². The Balaban J connectivity index is 3.18. The number of carbonyl (C=O) groups excluding carboxylic acids is 1. The fourth-order valence-electron chi connectivity index (χ4n) is 1.34. The quantitative estimate of drug-likeness (QED) is 0.684. The molecule has 0 aliphatic rings. The normalized spacial score (nSPS) is 10.6. The largest absolute Gasteiger partial charge is 0.469 e. The summed E-state index contributed by atoms with van der Waals surface area (Å²) in [6.45, 7) is 0. The van der Waals surface area contributed by atoms with Crippen LogP contribution in [0.4, 0.5) is 14.5 Å². The third-order valence-electron chi connectivity index (χ3n) is 2.23. The highest BCUT2D eigenvalue weighted by molar-refractivity contribution is 9.08. The van der Waals surface area contributed by atoms with Gasteiger partial charge in [0.2, 0.25) is 0 Å². The molecule has 0 unspecified atom stereocenters. The maximum Gasteiger partial charge on any atom is 0.310 e. The van der Waals surface area contributed by atoms with Crippen molar-refractivity contribution in [1.29, 1.82) is 0 Å². The minimum Gasteiger partial charge on any atom is -0.469 e. The molecule has 0 bridgehead atoms. The highest BCUT2D eigenvalue weighted by atomic mass is 79.9. The molecule has 4 nitrogen and oxygen atoms in total. The van der Waals surface area contributed by atoms with E-state index in [0.29, 0.717) is 0 Å². The number of ether oxygens (including phenoxy) is 1. The van der Waals surface area contributed by atoms with E-state index >= 15 is 0 Å². The van der Waals surface area contributed by atoms with E-state index in [4.69, 9.17) is 5.73 Å². The lowest BCUT2D eigenvalue weighted by molar-refractivity contribution is -0.139. The number of aromatic nitrogens is 1. The van der Waals surface area contributed by atoms with Gasteiger partial charge < -0.3 is 10.5 Å².